The zero-order valence-corrected chi connectivity index (χ0v) is 16.2. The van der Waals surface area contributed by atoms with Gasteiger partial charge in [0.1, 0.15) is 29.4 Å². The van der Waals surface area contributed by atoms with Crippen molar-refractivity contribution in [3.8, 4) is 0 Å². The van der Waals surface area contributed by atoms with E-state index < -0.39 is 41.0 Å². The van der Waals surface area contributed by atoms with Gasteiger partial charge in [-0.05, 0) is 18.2 Å². The molecule has 2 amide bonds. The number of hydrogen-bond donors (Lipinski definition) is 1. The lowest BCUT2D eigenvalue weighted by molar-refractivity contribution is -0.119. The highest BCUT2D eigenvalue weighted by Crippen LogP contribution is 2.29. The van der Waals surface area contributed by atoms with Gasteiger partial charge >= 0.3 is 6.09 Å². The lowest BCUT2D eigenvalue weighted by atomic mass is 10.1. The summed E-state index contributed by atoms with van der Waals surface area (Å²) in [6.45, 7) is 1.26. The van der Waals surface area contributed by atoms with Gasteiger partial charge in [0.15, 0.2) is 0 Å². The van der Waals surface area contributed by atoms with E-state index in [4.69, 9.17) is 4.74 Å². The Morgan fingerprint density at radius 2 is 1.83 bits per heavy atom. The van der Waals surface area contributed by atoms with Crippen molar-refractivity contribution in [1.82, 2.24) is 5.32 Å². The molecule has 1 atom stereocenters. The van der Waals surface area contributed by atoms with E-state index in [-0.39, 0.29) is 36.9 Å². The van der Waals surface area contributed by atoms with Crippen molar-refractivity contribution in [1.29, 1.82) is 0 Å². The molecule has 1 unspecified atom stereocenters. The zero-order chi connectivity index (χ0) is 22.0. The number of hydrogen-bond acceptors (Lipinski definition) is 4. The summed E-state index contributed by atoms with van der Waals surface area (Å²) in [7, 11) is 1.42. The van der Waals surface area contributed by atoms with Gasteiger partial charge in [-0.15, -0.1) is 0 Å². The average molecular weight is 425 g/mol. The number of nitrogens with zero attached hydrogens (tertiary/aromatic N) is 2. The van der Waals surface area contributed by atoms with Gasteiger partial charge < -0.3 is 15.0 Å². The molecule has 2 aromatic carbocycles. The van der Waals surface area contributed by atoms with Gasteiger partial charge in [-0.1, -0.05) is 0 Å². The van der Waals surface area contributed by atoms with Gasteiger partial charge in [0, 0.05) is 38.2 Å². The van der Waals surface area contributed by atoms with E-state index in [0.29, 0.717) is 12.1 Å². The Morgan fingerprint density at radius 3 is 2.43 bits per heavy atom. The Hall–Kier alpha value is -3.30. The summed E-state index contributed by atoms with van der Waals surface area (Å²) in [5, 5.41) is 2.54. The summed E-state index contributed by atoms with van der Waals surface area (Å²) in [5.74, 6) is -4.17. The third-order valence-corrected chi connectivity index (χ3v) is 4.61. The fourth-order valence-corrected chi connectivity index (χ4v) is 3.12. The molecule has 0 spiro atoms. The average Bonchev–Trinajstić information content (AvgIpc) is 3.03. The van der Waals surface area contributed by atoms with Crippen molar-refractivity contribution in [2.75, 3.05) is 29.9 Å². The molecule has 6 nitrogen and oxygen atoms in total. The fourth-order valence-electron chi connectivity index (χ4n) is 3.12. The van der Waals surface area contributed by atoms with Crippen LogP contribution in [0.2, 0.25) is 0 Å². The number of nitrogens with one attached hydrogen (secondary N) is 1. The molecular weight excluding hydrogens is 406 g/mol. The molecule has 1 aliphatic rings. The fraction of sp³-hybridized carbons (Fsp3) is 0.300. The van der Waals surface area contributed by atoms with Crippen molar-refractivity contribution >= 4 is 23.4 Å². The molecule has 3 rings (SSSR count). The van der Waals surface area contributed by atoms with Crippen LogP contribution < -0.4 is 15.1 Å². The Balaban J connectivity index is 1.74. The Labute approximate surface area is 170 Å². The van der Waals surface area contributed by atoms with Crippen molar-refractivity contribution in [2.24, 2.45) is 0 Å². The number of amides is 2. The number of halogens is 4. The molecule has 30 heavy (non-hydrogen) atoms. The van der Waals surface area contributed by atoms with E-state index in [9.17, 15) is 27.2 Å². The maximum absolute atomic E-state index is 14.7. The first-order valence-electron chi connectivity index (χ1n) is 9.02. The van der Waals surface area contributed by atoms with E-state index in [0.717, 1.165) is 6.07 Å². The van der Waals surface area contributed by atoms with Crippen LogP contribution in [0.15, 0.2) is 30.3 Å². The van der Waals surface area contributed by atoms with Crippen LogP contribution in [0.4, 0.5) is 33.7 Å². The van der Waals surface area contributed by atoms with Crippen LogP contribution in [0.1, 0.15) is 12.5 Å². The molecule has 1 saturated heterocycles. The van der Waals surface area contributed by atoms with Gasteiger partial charge in [-0.3, -0.25) is 9.69 Å². The van der Waals surface area contributed by atoms with Crippen molar-refractivity contribution in [3.63, 3.8) is 0 Å². The summed E-state index contributed by atoms with van der Waals surface area (Å²) < 4.78 is 60.6. The predicted molar refractivity (Wildman–Crippen MR) is 101 cm³/mol. The number of anilines is 2. The van der Waals surface area contributed by atoms with E-state index in [1.165, 1.54) is 35.9 Å². The van der Waals surface area contributed by atoms with Crippen molar-refractivity contribution in [2.45, 2.75) is 19.6 Å². The molecule has 0 saturated carbocycles. The lowest BCUT2D eigenvalue weighted by Crippen LogP contribution is -2.33. The Kier molecular flexibility index (Phi) is 6.14. The molecule has 160 valence electrons. The molecular formula is C20H19F4N3O3. The molecule has 1 N–H and O–H groups in total. The normalized spacial score (nSPS) is 15.9. The third kappa shape index (κ3) is 4.64. The molecule has 10 heteroatoms. The standard InChI is InChI=1S/C20H19F4N3O3/c1-11(28)25-8-14-9-27(20(29)30-14)13-3-4-19(18(24)7-13)26(2)10-15-16(22)5-12(21)6-17(15)23/h3-7,14H,8-10H2,1-2H3,(H,25,28). The highest BCUT2D eigenvalue weighted by molar-refractivity contribution is 5.90. The van der Waals surface area contributed by atoms with E-state index in [1.807, 2.05) is 0 Å². The molecule has 1 fully saturated rings. The van der Waals surface area contributed by atoms with E-state index in [1.54, 1.807) is 0 Å². The van der Waals surface area contributed by atoms with Crippen LogP contribution in [-0.4, -0.2) is 38.2 Å². The molecule has 2 aromatic rings. The summed E-state index contributed by atoms with van der Waals surface area (Å²) in [5.41, 5.74) is -0.130. The monoisotopic (exact) mass is 425 g/mol. The molecule has 0 bridgehead atoms. The molecule has 1 heterocycles. The first-order chi connectivity index (χ1) is 14.2. The minimum atomic E-state index is -1.07. The quantitative estimate of drug-likeness (QED) is 0.722. The number of rotatable bonds is 6. The molecule has 0 aromatic heterocycles. The molecule has 1 aliphatic heterocycles. The third-order valence-electron chi connectivity index (χ3n) is 4.61. The van der Waals surface area contributed by atoms with Crippen LogP contribution in [-0.2, 0) is 16.1 Å². The smallest absolute Gasteiger partial charge is 0.414 e. The first-order valence-corrected chi connectivity index (χ1v) is 9.02. The summed E-state index contributed by atoms with van der Waals surface area (Å²) in [6.07, 6.45) is -1.25. The maximum atomic E-state index is 14.7. The largest absolute Gasteiger partial charge is 0.442 e. The highest BCUT2D eigenvalue weighted by atomic mass is 19.1. The van der Waals surface area contributed by atoms with Gasteiger partial charge in [0.05, 0.1) is 24.5 Å². The number of benzene rings is 2. The second-order valence-corrected chi connectivity index (χ2v) is 6.89. The van der Waals surface area contributed by atoms with Crippen LogP contribution in [0.25, 0.3) is 0 Å². The maximum Gasteiger partial charge on any atom is 0.414 e. The second kappa shape index (κ2) is 8.60. The predicted octanol–water partition coefficient (Wildman–Crippen LogP) is 3.34. The van der Waals surface area contributed by atoms with Crippen LogP contribution >= 0.6 is 0 Å². The topological polar surface area (TPSA) is 61.9 Å². The van der Waals surface area contributed by atoms with Crippen molar-refractivity contribution < 1.29 is 31.9 Å². The van der Waals surface area contributed by atoms with Crippen LogP contribution in [0, 0.1) is 23.3 Å². The van der Waals surface area contributed by atoms with Crippen LogP contribution in [0.5, 0.6) is 0 Å². The molecule has 0 aliphatic carbocycles. The number of carbonyl (C=O) groups excluding carboxylic acids is 2. The van der Waals surface area contributed by atoms with Crippen molar-refractivity contribution in [3.05, 3.63) is 59.2 Å². The first kappa shape index (κ1) is 21.4. The zero-order valence-electron chi connectivity index (χ0n) is 16.2. The van der Waals surface area contributed by atoms with Crippen LogP contribution in [0.3, 0.4) is 0 Å². The lowest BCUT2D eigenvalue weighted by Gasteiger charge is -2.22. The van der Waals surface area contributed by atoms with Gasteiger partial charge in [0.25, 0.3) is 0 Å². The summed E-state index contributed by atoms with van der Waals surface area (Å²) in [6, 6.07) is 5.04. The summed E-state index contributed by atoms with van der Waals surface area (Å²) >= 11 is 0. The Bertz CT molecular complexity index is 963. The summed E-state index contributed by atoms with van der Waals surface area (Å²) in [4.78, 5) is 25.5. The minimum absolute atomic E-state index is 0.0317. The molecule has 0 radical (unpaired) electrons. The SMILES string of the molecule is CC(=O)NCC1CN(c2ccc(N(C)Cc3c(F)cc(F)cc3F)c(F)c2)C(=O)O1. The van der Waals surface area contributed by atoms with E-state index in [2.05, 4.69) is 5.32 Å². The Morgan fingerprint density at radius 1 is 1.17 bits per heavy atom. The number of cyclic esters (lactones) is 1. The number of carbonyl (C=O) groups is 2. The van der Waals surface area contributed by atoms with E-state index >= 15 is 0 Å². The van der Waals surface area contributed by atoms with Gasteiger partial charge in [-0.2, -0.15) is 0 Å². The van der Waals surface area contributed by atoms with Gasteiger partial charge in [-0.25, -0.2) is 22.4 Å². The van der Waals surface area contributed by atoms with Gasteiger partial charge in [0.2, 0.25) is 5.91 Å². The number of ether oxygens (including phenoxy) is 1. The highest BCUT2D eigenvalue weighted by Gasteiger charge is 2.32. The minimum Gasteiger partial charge on any atom is -0.442 e. The second-order valence-electron chi connectivity index (χ2n) is 6.89.